The number of anilines is 1. The predicted octanol–water partition coefficient (Wildman–Crippen LogP) is 4.78. The lowest BCUT2D eigenvalue weighted by molar-refractivity contribution is -0.118. The largest absolute Gasteiger partial charge is 0.482 e. The van der Waals surface area contributed by atoms with E-state index in [2.05, 4.69) is 10.4 Å². The van der Waals surface area contributed by atoms with Gasteiger partial charge in [0.1, 0.15) is 5.75 Å². The highest BCUT2D eigenvalue weighted by molar-refractivity contribution is 6.32. The van der Waals surface area contributed by atoms with Crippen LogP contribution in [0, 0.1) is 27.7 Å². The molecule has 0 bridgehead atoms. The number of carbonyl (C=O) groups is 1. The predicted molar refractivity (Wildman–Crippen MR) is 108 cm³/mol. The summed E-state index contributed by atoms with van der Waals surface area (Å²) in [6.07, 6.45) is 0. The highest BCUT2D eigenvalue weighted by Crippen LogP contribution is 2.26. The summed E-state index contributed by atoms with van der Waals surface area (Å²) in [5, 5.41) is 7.92. The van der Waals surface area contributed by atoms with Gasteiger partial charge in [0.2, 0.25) is 0 Å². The zero-order valence-corrected chi connectivity index (χ0v) is 16.6. The molecule has 140 valence electrons. The van der Waals surface area contributed by atoms with Gasteiger partial charge >= 0.3 is 0 Å². The van der Waals surface area contributed by atoms with Crippen molar-refractivity contribution in [3.63, 3.8) is 0 Å². The van der Waals surface area contributed by atoms with Crippen molar-refractivity contribution in [3.8, 4) is 11.4 Å². The van der Waals surface area contributed by atoms with Gasteiger partial charge in [-0.1, -0.05) is 35.4 Å². The van der Waals surface area contributed by atoms with Crippen LogP contribution in [0.15, 0.2) is 42.5 Å². The van der Waals surface area contributed by atoms with E-state index in [1.807, 2.05) is 68.8 Å². The topological polar surface area (TPSA) is 56.2 Å². The van der Waals surface area contributed by atoms with Crippen molar-refractivity contribution in [2.45, 2.75) is 27.7 Å². The molecular formula is C21H22ClN3O2. The van der Waals surface area contributed by atoms with E-state index in [0.717, 1.165) is 22.6 Å². The molecule has 0 spiro atoms. The number of carbonyl (C=O) groups excluding carboxylic acids is 1. The lowest BCUT2D eigenvalue weighted by atomic mass is 10.2. The lowest BCUT2D eigenvalue weighted by Crippen LogP contribution is -2.21. The summed E-state index contributed by atoms with van der Waals surface area (Å²) in [5.74, 6) is 0.234. The van der Waals surface area contributed by atoms with E-state index >= 15 is 0 Å². The van der Waals surface area contributed by atoms with Gasteiger partial charge in [-0.05, 0) is 57.5 Å². The fraction of sp³-hybridized carbons (Fsp3) is 0.238. The van der Waals surface area contributed by atoms with E-state index in [4.69, 9.17) is 16.3 Å². The normalized spacial score (nSPS) is 10.7. The molecular weight excluding hydrogens is 362 g/mol. The fourth-order valence-corrected chi connectivity index (χ4v) is 2.97. The van der Waals surface area contributed by atoms with Crippen molar-refractivity contribution in [1.82, 2.24) is 9.78 Å². The van der Waals surface area contributed by atoms with Crippen LogP contribution in [-0.4, -0.2) is 22.3 Å². The van der Waals surface area contributed by atoms with Crippen LogP contribution >= 0.6 is 11.6 Å². The Kier molecular flexibility index (Phi) is 5.51. The fourth-order valence-electron chi connectivity index (χ4n) is 2.80. The zero-order valence-electron chi connectivity index (χ0n) is 15.8. The van der Waals surface area contributed by atoms with Crippen LogP contribution < -0.4 is 10.1 Å². The number of amides is 1. The SMILES string of the molecule is Cc1ccc(-n2nc(C)c(NC(=O)COc3cc(C)ccc3Cl)c2C)cc1. The number of hydrogen-bond donors (Lipinski definition) is 1. The number of benzene rings is 2. The number of aryl methyl sites for hydroxylation is 3. The first kappa shape index (κ1) is 19.0. The molecule has 0 radical (unpaired) electrons. The Morgan fingerprint density at radius 1 is 1.07 bits per heavy atom. The highest BCUT2D eigenvalue weighted by Gasteiger charge is 2.16. The summed E-state index contributed by atoms with van der Waals surface area (Å²) in [7, 11) is 0. The maximum Gasteiger partial charge on any atom is 0.262 e. The smallest absolute Gasteiger partial charge is 0.262 e. The molecule has 0 aliphatic carbocycles. The molecule has 3 rings (SSSR count). The van der Waals surface area contributed by atoms with Crippen molar-refractivity contribution in [3.05, 3.63) is 70.0 Å². The van der Waals surface area contributed by atoms with Crippen molar-refractivity contribution < 1.29 is 9.53 Å². The van der Waals surface area contributed by atoms with Gasteiger partial charge in [0, 0.05) is 0 Å². The van der Waals surface area contributed by atoms with Gasteiger partial charge in [0.05, 0.1) is 27.8 Å². The molecule has 0 saturated heterocycles. The number of nitrogens with zero attached hydrogens (tertiary/aromatic N) is 2. The number of aromatic nitrogens is 2. The minimum Gasteiger partial charge on any atom is -0.482 e. The molecule has 0 atom stereocenters. The van der Waals surface area contributed by atoms with Gasteiger partial charge in [-0.15, -0.1) is 0 Å². The van der Waals surface area contributed by atoms with E-state index in [0.29, 0.717) is 16.5 Å². The summed E-state index contributed by atoms with van der Waals surface area (Å²) in [6.45, 7) is 7.64. The molecule has 1 heterocycles. The van der Waals surface area contributed by atoms with Gasteiger partial charge < -0.3 is 10.1 Å². The second-order valence-corrected chi connectivity index (χ2v) is 6.97. The van der Waals surface area contributed by atoms with Crippen molar-refractivity contribution in [2.75, 3.05) is 11.9 Å². The van der Waals surface area contributed by atoms with E-state index in [1.54, 1.807) is 6.07 Å². The number of halogens is 1. The molecule has 3 aromatic rings. The first-order valence-corrected chi connectivity index (χ1v) is 9.05. The summed E-state index contributed by atoms with van der Waals surface area (Å²) in [5.41, 5.74) is 5.44. The quantitative estimate of drug-likeness (QED) is 0.690. The molecule has 2 aromatic carbocycles. The Bertz CT molecular complexity index is 978. The average Bonchev–Trinajstić information content (AvgIpc) is 2.91. The number of ether oxygens (including phenoxy) is 1. The third-order valence-corrected chi connectivity index (χ3v) is 4.59. The second kappa shape index (κ2) is 7.84. The van der Waals surface area contributed by atoms with Crippen molar-refractivity contribution in [1.29, 1.82) is 0 Å². The van der Waals surface area contributed by atoms with E-state index in [1.165, 1.54) is 5.56 Å². The maximum atomic E-state index is 12.4. The molecule has 0 aliphatic heterocycles. The van der Waals surface area contributed by atoms with Crippen LogP contribution in [0.5, 0.6) is 5.75 Å². The molecule has 27 heavy (non-hydrogen) atoms. The lowest BCUT2D eigenvalue weighted by Gasteiger charge is -2.10. The van der Waals surface area contributed by atoms with Gasteiger partial charge in [-0.3, -0.25) is 4.79 Å². The summed E-state index contributed by atoms with van der Waals surface area (Å²) in [4.78, 5) is 12.4. The van der Waals surface area contributed by atoms with Gasteiger partial charge in [-0.2, -0.15) is 5.10 Å². The summed E-state index contributed by atoms with van der Waals surface area (Å²) < 4.78 is 7.39. The van der Waals surface area contributed by atoms with Crippen LogP contribution in [0.1, 0.15) is 22.5 Å². The molecule has 0 fully saturated rings. The standard InChI is InChI=1S/C21H22ClN3O2/c1-13-5-8-17(9-6-13)25-16(4)21(15(3)24-25)23-20(26)12-27-19-11-14(2)7-10-18(19)22/h5-11H,12H2,1-4H3,(H,23,26). The molecule has 0 unspecified atom stereocenters. The average molecular weight is 384 g/mol. The summed E-state index contributed by atoms with van der Waals surface area (Å²) in [6, 6.07) is 13.5. The molecule has 1 N–H and O–H groups in total. The van der Waals surface area contributed by atoms with Gasteiger partial charge in [0.25, 0.3) is 5.91 Å². The maximum absolute atomic E-state index is 12.4. The Morgan fingerprint density at radius 2 is 1.74 bits per heavy atom. The molecule has 5 nitrogen and oxygen atoms in total. The van der Waals surface area contributed by atoms with Crippen LogP contribution in [-0.2, 0) is 4.79 Å². The Morgan fingerprint density at radius 3 is 2.44 bits per heavy atom. The molecule has 1 aromatic heterocycles. The van der Waals surface area contributed by atoms with Crippen molar-refractivity contribution >= 4 is 23.2 Å². The first-order chi connectivity index (χ1) is 12.8. The third kappa shape index (κ3) is 4.31. The van der Waals surface area contributed by atoms with Crippen LogP contribution in [0.25, 0.3) is 5.69 Å². The Labute approximate surface area is 163 Å². The van der Waals surface area contributed by atoms with Crippen LogP contribution in [0.4, 0.5) is 5.69 Å². The van der Waals surface area contributed by atoms with Gasteiger partial charge in [-0.25, -0.2) is 4.68 Å². The zero-order chi connectivity index (χ0) is 19.6. The number of hydrogen-bond acceptors (Lipinski definition) is 3. The summed E-state index contributed by atoms with van der Waals surface area (Å²) >= 11 is 6.10. The van der Waals surface area contributed by atoms with E-state index in [-0.39, 0.29) is 12.5 Å². The van der Waals surface area contributed by atoms with Crippen molar-refractivity contribution in [2.24, 2.45) is 0 Å². The first-order valence-electron chi connectivity index (χ1n) is 8.67. The monoisotopic (exact) mass is 383 g/mol. The minimum atomic E-state index is -0.262. The Balaban J connectivity index is 1.72. The molecule has 6 heteroatoms. The number of rotatable bonds is 5. The van der Waals surface area contributed by atoms with Gasteiger partial charge in [0.15, 0.2) is 6.61 Å². The molecule has 1 amide bonds. The highest BCUT2D eigenvalue weighted by atomic mass is 35.5. The van der Waals surface area contributed by atoms with Crippen LogP contribution in [0.3, 0.4) is 0 Å². The molecule has 0 saturated carbocycles. The third-order valence-electron chi connectivity index (χ3n) is 4.28. The van der Waals surface area contributed by atoms with E-state index in [9.17, 15) is 4.79 Å². The number of nitrogens with one attached hydrogen (secondary N) is 1. The molecule has 0 aliphatic rings. The minimum absolute atomic E-state index is 0.127. The second-order valence-electron chi connectivity index (χ2n) is 6.56. The van der Waals surface area contributed by atoms with Crippen LogP contribution in [0.2, 0.25) is 5.02 Å². The Hall–Kier alpha value is -2.79. The van der Waals surface area contributed by atoms with E-state index < -0.39 is 0 Å².